The molecule has 0 spiro atoms. The molecule has 0 bridgehead atoms. The number of ketones is 1. The zero-order chi connectivity index (χ0) is 11.2. The highest BCUT2D eigenvalue weighted by atomic mass is 32.1. The molecule has 5 heteroatoms. The van der Waals surface area contributed by atoms with Gasteiger partial charge in [-0.25, -0.2) is 4.98 Å². The number of carbonyl (C=O) groups excluding carboxylic acids is 1. The molecule has 1 aromatic heterocycles. The van der Waals surface area contributed by atoms with Crippen molar-refractivity contribution in [3.05, 3.63) is 16.6 Å². The van der Waals surface area contributed by atoms with Crippen LogP contribution >= 0.6 is 11.3 Å². The molecule has 2 N–H and O–H groups in total. The van der Waals surface area contributed by atoms with Crippen molar-refractivity contribution in [2.24, 2.45) is 0 Å². The zero-order valence-electron chi connectivity index (χ0n) is 9.24. The minimum Gasteiger partial charge on any atom is -0.313 e. The molecule has 2 rings (SSSR count). The molecule has 1 aliphatic heterocycles. The highest BCUT2D eigenvalue weighted by Crippen LogP contribution is 2.06. The smallest absolute Gasteiger partial charge is 0.205 e. The number of aromatic nitrogens is 1. The lowest BCUT2D eigenvalue weighted by Gasteiger charge is -2.23. The maximum atomic E-state index is 11.6. The predicted molar refractivity (Wildman–Crippen MR) is 65.0 cm³/mol. The van der Waals surface area contributed by atoms with E-state index < -0.39 is 0 Å². The van der Waals surface area contributed by atoms with Crippen molar-refractivity contribution in [1.29, 1.82) is 0 Å². The van der Waals surface area contributed by atoms with Crippen LogP contribution in [0.3, 0.4) is 0 Å². The number of Topliss-reactive ketones (excluding diaryl/α,β-unsaturated/α-hetero) is 1. The Balaban J connectivity index is 1.66. The molecule has 1 aliphatic rings. The van der Waals surface area contributed by atoms with E-state index in [2.05, 4.69) is 15.6 Å². The van der Waals surface area contributed by atoms with E-state index >= 15 is 0 Å². The van der Waals surface area contributed by atoms with Crippen LogP contribution in [0, 0.1) is 0 Å². The predicted octanol–water partition coefficient (Wildman–Crippen LogP) is 1.06. The van der Waals surface area contributed by atoms with Crippen LogP contribution in [0.2, 0.25) is 0 Å². The van der Waals surface area contributed by atoms with Gasteiger partial charge in [-0.1, -0.05) is 6.42 Å². The first-order valence-electron chi connectivity index (χ1n) is 5.73. The van der Waals surface area contributed by atoms with Crippen molar-refractivity contribution in [2.45, 2.75) is 25.3 Å². The summed E-state index contributed by atoms with van der Waals surface area (Å²) in [5, 5.41) is 9.07. The molecule has 88 valence electrons. The first kappa shape index (κ1) is 11.7. The number of rotatable bonds is 5. The maximum Gasteiger partial charge on any atom is 0.205 e. The van der Waals surface area contributed by atoms with E-state index in [1.165, 1.54) is 30.6 Å². The monoisotopic (exact) mass is 239 g/mol. The summed E-state index contributed by atoms with van der Waals surface area (Å²) in [5.41, 5.74) is 0. The third kappa shape index (κ3) is 3.37. The minimum absolute atomic E-state index is 0.0887. The molecule has 0 radical (unpaired) electrons. The van der Waals surface area contributed by atoms with Gasteiger partial charge in [0.2, 0.25) is 5.78 Å². The lowest BCUT2D eigenvalue weighted by atomic mass is 10.1. The highest BCUT2D eigenvalue weighted by Gasteiger charge is 2.13. The maximum absolute atomic E-state index is 11.6. The van der Waals surface area contributed by atoms with Crippen LogP contribution in [-0.2, 0) is 0 Å². The normalized spacial score (nSPS) is 20.9. The van der Waals surface area contributed by atoms with E-state index in [0.717, 1.165) is 13.1 Å². The molecule has 1 unspecified atom stereocenters. The Morgan fingerprint density at radius 2 is 2.56 bits per heavy atom. The molecule has 4 nitrogen and oxygen atoms in total. The summed E-state index contributed by atoms with van der Waals surface area (Å²) in [4.78, 5) is 15.6. The Bertz CT molecular complexity index is 320. The molecule has 2 heterocycles. The summed E-state index contributed by atoms with van der Waals surface area (Å²) >= 11 is 1.40. The minimum atomic E-state index is 0.0887. The second kappa shape index (κ2) is 6.08. The van der Waals surface area contributed by atoms with Crippen molar-refractivity contribution in [2.75, 3.05) is 19.6 Å². The van der Waals surface area contributed by atoms with E-state index in [0.29, 0.717) is 17.6 Å². The van der Waals surface area contributed by atoms with Gasteiger partial charge in [-0.15, -0.1) is 11.3 Å². The van der Waals surface area contributed by atoms with E-state index in [4.69, 9.17) is 0 Å². The summed E-state index contributed by atoms with van der Waals surface area (Å²) in [6, 6.07) is 0.526. The summed E-state index contributed by atoms with van der Waals surface area (Å²) in [6.07, 6.45) is 5.44. The van der Waals surface area contributed by atoms with E-state index in [1.54, 1.807) is 6.20 Å². The number of hydrogen-bond acceptors (Lipinski definition) is 5. The third-order valence-corrected chi connectivity index (χ3v) is 3.57. The molecule has 0 aliphatic carbocycles. The first-order valence-corrected chi connectivity index (χ1v) is 6.61. The Kier molecular flexibility index (Phi) is 4.44. The second-order valence-corrected chi connectivity index (χ2v) is 4.93. The van der Waals surface area contributed by atoms with Gasteiger partial charge in [0.25, 0.3) is 0 Å². The van der Waals surface area contributed by atoms with Gasteiger partial charge in [0.05, 0.1) is 6.54 Å². The van der Waals surface area contributed by atoms with Gasteiger partial charge < -0.3 is 10.6 Å². The summed E-state index contributed by atoms with van der Waals surface area (Å²) in [5.74, 6) is 0.0887. The Morgan fingerprint density at radius 1 is 1.62 bits per heavy atom. The van der Waals surface area contributed by atoms with Crippen LogP contribution in [0.4, 0.5) is 0 Å². The molecule has 0 saturated carbocycles. The SMILES string of the molecule is O=C(CNCC1CCCCN1)c1nccs1. The quantitative estimate of drug-likeness (QED) is 0.754. The largest absolute Gasteiger partial charge is 0.313 e. The number of hydrogen-bond donors (Lipinski definition) is 2. The molecule has 1 saturated heterocycles. The Labute approximate surface area is 99.5 Å². The van der Waals surface area contributed by atoms with Gasteiger partial charge in [-0.05, 0) is 19.4 Å². The fraction of sp³-hybridized carbons (Fsp3) is 0.636. The Morgan fingerprint density at radius 3 is 3.25 bits per heavy atom. The third-order valence-electron chi connectivity index (χ3n) is 2.76. The topological polar surface area (TPSA) is 54.0 Å². The summed E-state index contributed by atoms with van der Waals surface area (Å²) in [6.45, 7) is 2.37. The number of thiazole rings is 1. The summed E-state index contributed by atoms with van der Waals surface area (Å²) < 4.78 is 0. The molecular formula is C11H17N3OS. The van der Waals surface area contributed by atoms with Crippen LogP contribution in [0.15, 0.2) is 11.6 Å². The molecule has 1 aromatic rings. The molecule has 0 aromatic carbocycles. The van der Waals surface area contributed by atoms with Crippen molar-refractivity contribution in [3.63, 3.8) is 0 Å². The fourth-order valence-electron chi connectivity index (χ4n) is 1.89. The van der Waals surface area contributed by atoms with Crippen molar-refractivity contribution >= 4 is 17.1 Å². The standard InChI is InChI=1S/C11H17N3OS/c15-10(11-14-5-6-16-11)8-12-7-9-3-1-2-4-13-9/h5-6,9,12-13H,1-4,7-8H2. The van der Waals surface area contributed by atoms with Gasteiger partial charge in [-0.2, -0.15) is 0 Å². The first-order chi connectivity index (χ1) is 7.86. The van der Waals surface area contributed by atoms with Crippen LogP contribution in [0.25, 0.3) is 0 Å². The van der Waals surface area contributed by atoms with Crippen LogP contribution in [0.1, 0.15) is 29.1 Å². The fourth-order valence-corrected chi connectivity index (χ4v) is 2.47. The number of nitrogens with one attached hydrogen (secondary N) is 2. The van der Waals surface area contributed by atoms with Crippen LogP contribution < -0.4 is 10.6 Å². The molecular weight excluding hydrogens is 222 g/mol. The van der Waals surface area contributed by atoms with Gasteiger partial charge in [0.15, 0.2) is 5.01 Å². The molecule has 1 fully saturated rings. The average molecular weight is 239 g/mol. The molecule has 16 heavy (non-hydrogen) atoms. The zero-order valence-corrected chi connectivity index (χ0v) is 10.1. The van der Waals surface area contributed by atoms with Gasteiger partial charge >= 0.3 is 0 Å². The van der Waals surface area contributed by atoms with Crippen molar-refractivity contribution in [1.82, 2.24) is 15.6 Å². The van der Waals surface area contributed by atoms with E-state index in [-0.39, 0.29) is 5.78 Å². The van der Waals surface area contributed by atoms with E-state index in [9.17, 15) is 4.79 Å². The van der Waals surface area contributed by atoms with E-state index in [1.807, 2.05) is 5.38 Å². The number of nitrogens with zero attached hydrogens (tertiary/aromatic N) is 1. The van der Waals surface area contributed by atoms with Crippen LogP contribution in [-0.4, -0.2) is 36.4 Å². The molecule has 1 atom stereocenters. The lowest BCUT2D eigenvalue weighted by Crippen LogP contribution is -2.42. The average Bonchev–Trinajstić information content (AvgIpc) is 2.84. The van der Waals surface area contributed by atoms with Gasteiger partial charge in [0, 0.05) is 24.2 Å². The Hall–Kier alpha value is -0.780. The van der Waals surface area contributed by atoms with Crippen molar-refractivity contribution in [3.8, 4) is 0 Å². The molecule has 0 amide bonds. The van der Waals surface area contributed by atoms with Gasteiger partial charge in [0.1, 0.15) is 0 Å². The van der Waals surface area contributed by atoms with Crippen LogP contribution in [0.5, 0.6) is 0 Å². The van der Waals surface area contributed by atoms with Crippen molar-refractivity contribution < 1.29 is 4.79 Å². The highest BCUT2D eigenvalue weighted by molar-refractivity contribution is 7.11. The second-order valence-electron chi connectivity index (χ2n) is 4.04. The summed E-state index contributed by atoms with van der Waals surface area (Å²) in [7, 11) is 0. The number of carbonyl (C=O) groups is 1. The van der Waals surface area contributed by atoms with Gasteiger partial charge in [-0.3, -0.25) is 4.79 Å². The lowest BCUT2D eigenvalue weighted by molar-refractivity contribution is 0.0989. The number of piperidine rings is 1.